The molecule has 1 aromatic rings. The molecule has 0 radical (unpaired) electrons. The zero-order chi connectivity index (χ0) is 24.0. The number of hydrogen-bond acceptors (Lipinski definition) is 10. The molecule has 182 valence electrons. The smallest absolute Gasteiger partial charge is 0.304 e. The van der Waals surface area contributed by atoms with E-state index in [1.165, 1.54) is 24.6 Å². The van der Waals surface area contributed by atoms with Crippen molar-refractivity contribution in [2.24, 2.45) is 0 Å². The second-order valence-electron chi connectivity index (χ2n) is 7.19. The van der Waals surface area contributed by atoms with Crippen LogP contribution in [0, 0.1) is 0 Å². The van der Waals surface area contributed by atoms with Crippen LogP contribution >= 0.6 is 0 Å². The van der Waals surface area contributed by atoms with E-state index in [-0.39, 0.29) is 29.4 Å². The van der Waals surface area contributed by atoms with Gasteiger partial charge in [0.15, 0.2) is 30.4 Å². The van der Waals surface area contributed by atoms with Gasteiger partial charge in [0.25, 0.3) is 0 Å². The molecule has 0 N–H and O–H groups in total. The molecule has 0 aromatic carbocycles. The summed E-state index contributed by atoms with van der Waals surface area (Å²) in [4.78, 5) is 58.7. The van der Waals surface area contributed by atoms with Crippen molar-refractivity contribution in [1.82, 2.24) is 0 Å². The Morgan fingerprint density at radius 2 is 1.39 bits per heavy atom. The molecule has 0 unspecified atom stereocenters. The number of carbonyl (C=O) groups is 5. The molecule has 1 aliphatic heterocycles. The van der Waals surface area contributed by atoms with Crippen LogP contribution in [0.25, 0.3) is 0 Å². The molecule has 0 spiro atoms. The molecule has 2 heterocycles. The first kappa shape index (κ1) is 28.2. The zero-order valence-electron chi connectivity index (χ0n) is 18.8. The first-order chi connectivity index (χ1) is 15.0. The summed E-state index contributed by atoms with van der Waals surface area (Å²) in [6.45, 7) is 5.69. The minimum absolute atomic E-state index is 0. The van der Waals surface area contributed by atoms with Crippen LogP contribution < -0.4 is 21.5 Å². The molecule has 11 nitrogen and oxygen atoms in total. The number of halogens is 1. The number of Topliss-reactive ketones (excluding diaryl/α,β-unsaturated/α-hetero) is 1. The van der Waals surface area contributed by atoms with Crippen molar-refractivity contribution in [2.75, 3.05) is 6.61 Å². The largest absolute Gasteiger partial charge is 1.00 e. The molecular weight excluding hydrogens is 506 g/mol. The molecular formula is C21H26BrNO10. The van der Waals surface area contributed by atoms with Crippen molar-refractivity contribution in [2.45, 2.75) is 65.3 Å². The van der Waals surface area contributed by atoms with Gasteiger partial charge in [-0.15, -0.1) is 0 Å². The zero-order valence-corrected chi connectivity index (χ0v) is 20.4. The first-order valence-electron chi connectivity index (χ1n) is 9.81. The third-order valence-electron chi connectivity index (χ3n) is 4.49. The molecule has 0 bridgehead atoms. The average Bonchev–Trinajstić information content (AvgIpc) is 2.68. The van der Waals surface area contributed by atoms with Crippen molar-refractivity contribution < 1.29 is 69.2 Å². The highest BCUT2D eigenvalue weighted by molar-refractivity contribution is 5.93. The van der Waals surface area contributed by atoms with Crippen LogP contribution in [0.2, 0.25) is 0 Å². The van der Waals surface area contributed by atoms with Crippen LogP contribution in [0.4, 0.5) is 0 Å². The summed E-state index contributed by atoms with van der Waals surface area (Å²) in [5.41, 5.74) is 0.348. The Morgan fingerprint density at radius 3 is 1.91 bits per heavy atom. The highest BCUT2D eigenvalue weighted by Gasteiger charge is 2.56. The maximum Gasteiger partial charge on any atom is 0.304 e. The number of nitrogens with zero attached hydrogens (tertiary/aromatic N) is 1. The summed E-state index contributed by atoms with van der Waals surface area (Å²) < 4.78 is 28.7. The molecule has 12 heteroatoms. The molecule has 5 atom stereocenters. The van der Waals surface area contributed by atoms with E-state index < -0.39 is 54.5 Å². The Morgan fingerprint density at radius 1 is 0.848 bits per heavy atom. The molecule has 1 aromatic heterocycles. The maximum absolute atomic E-state index is 11.9. The van der Waals surface area contributed by atoms with Crippen LogP contribution in [-0.4, -0.2) is 60.7 Å². The van der Waals surface area contributed by atoms with Gasteiger partial charge in [-0.3, -0.25) is 24.0 Å². The van der Waals surface area contributed by atoms with Crippen molar-refractivity contribution in [1.29, 1.82) is 0 Å². The van der Waals surface area contributed by atoms with Crippen LogP contribution in [0.15, 0.2) is 24.5 Å². The molecule has 33 heavy (non-hydrogen) atoms. The fraction of sp³-hybridized carbons (Fsp3) is 0.524. The van der Waals surface area contributed by atoms with E-state index >= 15 is 0 Å². The summed E-state index contributed by atoms with van der Waals surface area (Å²) in [6, 6.07) is 3.18. The number of carbonyl (C=O) groups excluding carboxylic acids is 5. The molecule has 0 saturated carbocycles. The van der Waals surface area contributed by atoms with E-state index in [2.05, 4.69) is 0 Å². The first-order valence-corrected chi connectivity index (χ1v) is 9.81. The Hall–Kier alpha value is -2.86. The van der Waals surface area contributed by atoms with Crippen molar-refractivity contribution in [3.8, 4) is 0 Å². The summed E-state index contributed by atoms with van der Waals surface area (Å²) in [6.07, 6.45) is -2.91. The number of esters is 4. The lowest BCUT2D eigenvalue weighted by Gasteiger charge is -2.41. The Balaban J connectivity index is 0.00000544. The van der Waals surface area contributed by atoms with Crippen LogP contribution in [0.1, 0.15) is 51.2 Å². The van der Waals surface area contributed by atoms with E-state index in [1.54, 1.807) is 18.3 Å². The number of rotatable bonds is 7. The number of ketones is 1. The van der Waals surface area contributed by atoms with Crippen molar-refractivity contribution in [3.05, 3.63) is 30.1 Å². The van der Waals surface area contributed by atoms with E-state index in [0.717, 1.165) is 20.8 Å². The Bertz CT molecular complexity index is 905. The highest BCUT2D eigenvalue weighted by Crippen LogP contribution is 2.32. The van der Waals surface area contributed by atoms with Gasteiger partial charge in [-0.25, -0.2) is 0 Å². The highest BCUT2D eigenvalue weighted by atomic mass is 79.9. The Labute approximate surface area is 201 Å². The van der Waals surface area contributed by atoms with E-state index in [1.807, 2.05) is 0 Å². The van der Waals surface area contributed by atoms with Gasteiger partial charge < -0.3 is 40.7 Å². The monoisotopic (exact) mass is 531 g/mol. The van der Waals surface area contributed by atoms with Gasteiger partial charge in [-0.05, 0) is 13.0 Å². The number of aromatic nitrogens is 1. The summed E-state index contributed by atoms with van der Waals surface area (Å²) in [5, 5.41) is 0. The Kier molecular flexibility index (Phi) is 10.6. The summed E-state index contributed by atoms with van der Waals surface area (Å²) in [5.74, 6) is -2.97. The van der Waals surface area contributed by atoms with Crippen molar-refractivity contribution >= 4 is 29.7 Å². The quantitative estimate of drug-likeness (QED) is 0.160. The van der Waals surface area contributed by atoms with E-state index in [0.29, 0.717) is 5.56 Å². The lowest BCUT2D eigenvalue weighted by Crippen LogP contribution is -3.00. The predicted molar refractivity (Wildman–Crippen MR) is 104 cm³/mol. The molecule has 2 rings (SSSR count). The van der Waals surface area contributed by atoms with Crippen LogP contribution in [0.3, 0.4) is 0 Å². The molecule has 0 aliphatic carbocycles. The second kappa shape index (κ2) is 12.4. The topological polar surface area (TPSA) is 135 Å². The molecule has 1 aliphatic rings. The standard InChI is InChI=1S/C21H26NO10.BrH/c1-11(23)16-7-6-8-22(9-16)21-20(31-15(5)27)19(30-14(4)26)18(29-13(3)25)17(32-21)10-28-12(2)24;/h6-9,17-21H,10H2,1-5H3;1H/q+1;/p-1/t17-,18-,19+,20-,21-;/m1./s1. The minimum atomic E-state index is -1.28. The van der Waals surface area contributed by atoms with Crippen molar-refractivity contribution in [3.63, 3.8) is 0 Å². The number of hydrogen-bond donors (Lipinski definition) is 0. The van der Waals surface area contributed by atoms with Gasteiger partial charge >= 0.3 is 30.1 Å². The van der Waals surface area contributed by atoms with Gasteiger partial charge in [0.05, 0.1) is 5.56 Å². The van der Waals surface area contributed by atoms with Gasteiger partial charge in [0, 0.05) is 33.8 Å². The third kappa shape index (κ3) is 7.90. The normalized spacial score (nSPS) is 24.0. The van der Waals surface area contributed by atoms with E-state index in [9.17, 15) is 24.0 Å². The van der Waals surface area contributed by atoms with E-state index in [4.69, 9.17) is 23.7 Å². The van der Waals surface area contributed by atoms with Crippen LogP contribution in [0.5, 0.6) is 0 Å². The van der Waals surface area contributed by atoms with Gasteiger partial charge in [-0.1, -0.05) is 0 Å². The fourth-order valence-electron chi connectivity index (χ4n) is 3.30. The summed E-state index contributed by atoms with van der Waals surface area (Å²) >= 11 is 0. The van der Waals surface area contributed by atoms with Gasteiger partial charge in [-0.2, -0.15) is 4.57 Å². The SMILES string of the molecule is CC(=O)OC[C@H]1O[C@@H]([n+]2cccc(C(C)=O)c2)[C@H](OC(C)=O)[C@@H](OC(C)=O)[C@@H]1OC(C)=O.[Br-]. The minimum Gasteiger partial charge on any atom is -1.00 e. The number of ether oxygens (including phenoxy) is 5. The third-order valence-corrected chi connectivity index (χ3v) is 4.49. The fourth-order valence-corrected chi connectivity index (χ4v) is 3.30. The molecule has 0 amide bonds. The molecule has 1 saturated heterocycles. The summed E-state index contributed by atoms with van der Waals surface area (Å²) in [7, 11) is 0. The second-order valence-corrected chi connectivity index (χ2v) is 7.19. The molecule has 1 fully saturated rings. The average molecular weight is 532 g/mol. The van der Waals surface area contributed by atoms with Crippen LogP contribution in [-0.2, 0) is 42.9 Å². The van der Waals surface area contributed by atoms with Gasteiger partial charge in [0.1, 0.15) is 12.7 Å². The predicted octanol–water partition coefficient (Wildman–Crippen LogP) is -2.56. The lowest BCUT2D eigenvalue weighted by molar-refractivity contribution is -0.777. The number of pyridine rings is 1. The maximum atomic E-state index is 11.9. The lowest BCUT2D eigenvalue weighted by atomic mass is 9.97. The van der Waals surface area contributed by atoms with Gasteiger partial charge in [0.2, 0.25) is 6.10 Å².